The number of benzene rings is 2. The Morgan fingerprint density at radius 3 is 2.75 bits per heavy atom. The van der Waals surface area contributed by atoms with Crippen molar-refractivity contribution < 1.29 is 9.90 Å². The van der Waals surface area contributed by atoms with E-state index >= 15 is 0 Å². The first-order valence-corrected chi connectivity index (χ1v) is 11.2. The summed E-state index contributed by atoms with van der Waals surface area (Å²) in [4.78, 5) is 31.4. The lowest BCUT2D eigenvalue weighted by Gasteiger charge is -2.21. The number of nitrogens with one attached hydrogen (secondary N) is 1. The van der Waals surface area contributed by atoms with Crippen LogP contribution in [0.5, 0.6) is 0 Å². The maximum atomic E-state index is 13.9. The number of nitrogens with two attached hydrogens (primary N) is 1. The number of carbonyl (C=O) groups is 1. The number of aliphatic hydroxyl groups is 1. The van der Waals surface area contributed by atoms with Gasteiger partial charge in [-0.15, -0.1) is 5.10 Å². The van der Waals surface area contributed by atoms with E-state index in [1.54, 1.807) is 42.1 Å². The van der Waals surface area contributed by atoms with Crippen LogP contribution in [-0.2, 0) is 0 Å². The van der Waals surface area contributed by atoms with E-state index in [1.165, 1.54) is 4.52 Å². The van der Waals surface area contributed by atoms with Crippen LogP contribution in [0, 0.1) is 11.8 Å². The zero-order valence-corrected chi connectivity index (χ0v) is 19.3. The van der Waals surface area contributed by atoms with Crippen molar-refractivity contribution in [2.45, 2.75) is 13.0 Å². The Hall–Kier alpha value is -4.94. The highest BCUT2D eigenvalue weighted by atomic mass is 16.2. The molecule has 0 radical (unpaired) electrons. The average molecular weight is 479 g/mol. The predicted octanol–water partition coefficient (Wildman–Crippen LogP) is 2.45. The van der Waals surface area contributed by atoms with E-state index < -0.39 is 11.9 Å². The van der Waals surface area contributed by atoms with Gasteiger partial charge >= 0.3 is 0 Å². The van der Waals surface area contributed by atoms with Gasteiger partial charge in [-0.1, -0.05) is 42.2 Å². The van der Waals surface area contributed by atoms with Crippen molar-refractivity contribution in [2.75, 3.05) is 12.3 Å². The third-order valence-corrected chi connectivity index (χ3v) is 5.83. The Bertz CT molecular complexity index is 1730. The predicted molar refractivity (Wildman–Crippen MR) is 137 cm³/mol. The quantitative estimate of drug-likeness (QED) is 0.341. The number of para-hydroxylation sites is 1. The van der Waals surface area contributed by atoms with Crippen molar-refractivity contribution in [3.05, 3.63) is 100 Å². The summed E-state index contributed by atoms with van der Waals surface area (Å²) in [6, 6.07) is 17.5. The number of hydrogen-bond acceptors (Lipinski definition) is 6. The number of carbonyl (C=O) groups excluding carboxylic acids is 1. The lowest BCUT2D eigenvalue weighted by atomic mass is 10.0. The maximum Gasteiger partial charge on any atom is 0.264 e. The lowest BCUT2D eigenvalue weighted by molar-refractivity contribution is 0.0941. The summed E-state index contributed by atoms with van der Waals surface area (Å²) in [7, 11) is 0. The minimum atomic E-state index is -0.583. The van der Waals surface area contributed by atoms with E-state index in [9.17, 15) is 9.59 Å². The monoisotopic (exact) mass is 478 g/mol. The number of fused-ring (bicyclic) bond motifs is 2. The van der Waals surface area contributed by atoms with Gasteiger partial charge in [0.25, 0.3) is 11.5 Å². The number of nitrogen functional groups attached to an aromatic ring is 1. The Morgan fingerprint density at radius 2 is 1.97 bits per heavy atom. The molecule has 1 atom stereocenters. The number of nitrogens with zero attached hydrogens (tertiary/aromatic N) is 4. The Kier molecular flexibility index (Phi) is 5.94. The van der Waals surface area contributed by atoms with E-state index in [1.807, 2.05) is 42.5 Å². The van der Waals surface area contributed by atoms with E-state index in [-0.39, 0.29) is 23.5 Å². The van der Waals surface area contributed by atoms with Gasteiger partial charge < -0.3 is 16.2 Å². The second-order valence-electron chi connectivity index (χ2n) is 8.12. The number of hydrogen-bond donors (Lipinski definition) is 3. The first kappa shape index (κ1) is 22.8. The second kappa shape index (κ2) is 9.37. The average Bonchev–Trinajstić information content (AvgIpc) is 3.23. The van der Waals surface area contributed by atoms with Crippen LogP contribution in [0.25, 0.3) is 22.1 Å². The van der Waals surface area contributed by atoms with Gasteiger partial charge in [0.1, 0.15) is 12.2 Å². The van der Waals surface area contributed by atoms with Crippen LogP contribution in [0.15, 0.2) is 77.9 Å². The minimum absolute atomic E-state index is 0.0597. The van der Waals surface area contributed by atoms with Crippen LogP contribution < -0.4 is 16.6 Å². The van der Waals surface area contributed by atoms with Crippen LogP contribution in [-0.4, -0.2) is 36.8 Å². The molecule has 3 aromatic heterocycles. The molecule has 0 aliphatic heterocycles. The molecule has 9 nitrogen and oxygen atoms in total. The van der Waals surface area contributed by atoms with Gasteiger partial charge in [0.05, 0.1) is 11.4 Å². The molecule has 5 rings (SSSR count). The van der Waals surface area contributed by atoms with Crippen molar-refractivity contribution in [2.24, 2.45) is 0 Å². The van der Waals surface area contributed by atoms with Crippen LogP contribution >= 0.6 is 0 Å². The van der Waals surface area contributed by atoms with Crippen LogP contribution in [0.3, 0.4) is 0 Å². The number of aromatic nitrogens is 4. The molecule has 0 aliphatic rings. The summed E-state index contributed by atoms with van der Waals surface area (Å²) >= 11 is 0. The Labute approximate surface area is 205 Å². The Morgan fingerprint density at radius 1 is 1.17 bits per heavy atom. The largest absolute Gasteiger partial charge is 0.384 e. The molecule has 0 bridgehead atoms. The standard InChI is InChI=1S/C27H22N6O3/c1-17(30-26(35)23-24(28)31-32-14-7-13-29-25(23)32)21-16-19-9-5-8-18(10-6-15-34)22(19)27(36)33(21)20-11-3-2-4-12-20/h2-5,7-9,11-14,16-17,34H,15H2,1H3,(H2,28,31)(H,30,35). The fourth-order valence-corrected chi connectivity index (χ4v) is 4.25. The minimum Gasteiger partial charge on any atom is -0.384 e. The first-order chi connectivity index (χ1) is 17.5. The Balaban J connectivity index is 1.66. The highest BCUT2D eigenvalue weighted by Gasteiger charge is 2.23. The molecule has 36 heavy (non-hydrogen) atoms. The summed E-state index contributed by atoms with van der Waals surface area (Å²) in [5.41, 5.74) is 7.98. The van der Waals surface area contributed by atoms with Crippen molar-refractivity contribution in [1.82, 2.24) is 24.5 Å². The molecule has 0 saturated heterocycles. The molecule has 0 aliphatic carbocycles. The number of aliphatic hydroxyl groups excluding tert-OH is 1. The lowest BCUT2D eigenvalue weighted by Crippen LogP contribution is -2.32. The van der Waals surface area contributed by atoms with E-state index in [0.717, 1.165) is 0 Å². The summed E-state index contributed by atoms with van der Waals surface area (Å²) in [6.45, 7) is 1.48. The summed E-state index contributed by atoms with van der Waals surface area (Å²) < 4.78 is 3.01. The fraction of sp³-hybridized carbons (Fsp3) is 0.111. The smallest absolute Gasteiger partial charge is 0.264 e. The van der Waals surface area contributed by atoms with Gasteiger partial charge in [0.2, 0.25) is 0 Å². The van der Waals surface area contributed by atoms with Crippen LogP contribution in [0.4, 0.5) is 5.82 Å². The van der Waals surface area contributed by atoms with Gasteiger partial charge in [0, 0.05) is 29.3 Å². The number of amides is 1. The molecule has 1 amide bonds. The van der Waals surface area contributed by atoms with Crippen LogP contribution in [0.1, 0.15) is 34.6 Å². The molecule has 5 aromatic rings. The van der Waals surface area contributed by atoms with Crippen molar-refractivity contribution in [3.63, 3.8) is 0 Å². The molecule has 3 heterocycles. The summed E-state index contributed by atoms with van der Waals surface area (Å²) in [5, 5.41) is 17.4. The number of rotatable bonds is 4. The third-order valence-electron chi connectivity index (χ3n) is 5.83. The molecule has 2 aromatic carbocycles. The van der Waals surface area contributed by atoms with E-state index in [4.69, 9.17) is 10.8 Å². The number of anilines is 1. The number of pyridine rings is 1. The molecule has 178 valence electrons. The zero-order chi connectivity index (χ0) is 25.2. The summed E-state index contributed by atoms with van der Waals surface area (Å²) in [5.74, 6) is 5.09. The molecule has 0 saturated carbocycles. The van der Waals surface area contributed by atoms with Gasteiger partial charge in [-0.05, 0) is 42.6 Å². The van der Waals surface area contributed by atoms with Crippen molar-refractivity contribution in [3.8, 4) is 17.5 Å². The second-order valence-corrected chi connectivity index (χ2v) is 8.12. The zero-order valence-electron chi connectivity index (χ0n) is 19.3. The summed E-state index contributed by atoms with van der Waals surface area (Å²) in [6.07, 6.45) is 3.22. The highest BCUT2D eigenvalue weighted by molar-refractivity contribution is 6.04. The normalized spacial score (nSPS) is 11.7. The van der Waals surface area contributed by atoms with Gasteiger partial charge in [-0.25, -0.2) is 9.50 Å². The van der Waals surface area contributed by atoms with Crippen LogP contribution in [0.2, 0.25) is 0 Å². The fourth-order valence-electron chi connectivity index (χ4n) is 4.25. The highest BCUT2D eigenvalue weighted by Crippen LogP contribution is 2.24. The van der Waals surface area contributed by atoms with Gasteiger partial charge in [0.15, 0.2) is 11.5 Å². The molecular weight excluding hydrogens is 456 g/mol. The van der Waals surface area contributed by atoms with E-state index in [0.29, 0.717) is 33.4 Å². The topological polar surface area (TPSA) is 128 Å². The maximum absolute atomic E-state index is 13.9. The third kappa shape index (κ3) is 3.96. The van der Waals surface area contributed by atoms with Gasteiger partial charge in [-0.2, -0.15) is 0 Å². The molecule has 0 spiro atoms. The van der Waals surface area contributed by atoms with Crippen molar-refractivity contribution >= 4 is 28.1 Å². The van der Waals surface area contributed by atoms with Crippen molar-refractivity contribution in [1.29, 1.82) is 0 Å². The molecule has 4 N–H and O–H groups in total. The van der Waals surface area contributed by atoms with E-state index in [2.05, 4.69) is 27.2 Å². The SMILES string of the molecule is CC(NC(=O)c1c(N)nn2cccnc12)c1cc2cccc(C#CCO)c2c(=O)n1-c1ccccc1. The molecule has 9 heteroatoms. The molecule has 0 fully saturated rings. The molecule has 1 unspecified atom stereocenters. The first-order valence-electron chi connectivity index (χ1n) is 11.2. The molecular formula is C27H22N6O3. The van der Waals surface area contributed by atoms with Gasteiger partial charge in [-0.3, -0.25) is 14.2 Å².